The van der Waals surface area contributed by atoms with E-state index in [0.717, 1.165) is 6.07 Å². The average Bonchev–Trinajstić information content (AvgIpc) is 2.36. The number of benzene rings is 2. The lowest BCUT2D eigenvalue weighted by molar-refractivity contribution is 0.594. The molecule has 2 aromatic rings. The molecule has 0 spiro atoms. The largest absolute Gasteiger partial charge is 0.399 e. The van der Waals surface area contributed by atoms with E-state index in [2.05, 4.69) is 4.72 Å². The molecule has 0 saturated heterocycles. The molecule has 0 unspecified atom stereocenters. The van der Waals surface area contributed by atoms with Gasteiger partial charge in [-0.05, 0) is 42.8 Å². The van der Waals surface area contributed by atoms with Gasteiger partial charge in [0, 0.05) is 5.69 Å². The highest BCUT2D eigenvalue weighted by atomic mass is 35.5. The summed E-state index contributed by atoms with van der Waals surface area (Å²) in [4.78, 5) is -0.143. The van der Waals surface area contributed by atoms with Crippen LogP contribution >= 0.6 is 11.6 Å². The molecule has 0 aromatic heterocycles. The summed E-state index contributed by atoms with van der Waals surface area (Å²) in [5, 5.41) is 0.205. The van der Waals surface area contributed by atoms with E-state index in [1.807, 2.05) is 0 Å². The number of hydrogen-bond acceptors (Lipinski definition) is 3. The fourth-order valence-electron chi connectivity index (χ4n) is 1.68. The Morgan fingerprint density at radius 3 is 2.60 bits per heavy atom. The molecule has 0 aliphatic rings. The van der Waals surface area contributed by atoms with Crippen LogP contribution in [0.15, 0.2) is 41.3 Å². The van der Waals surface area contributed by atoms with Crippen LogP contribution in [0.3, 0.4) is 0 Å². The number of nitrogen functional groups attached to an aromatic ring is 1. The van der Waals surface area contributed by atoms with Crippen molar-refractivity contribution in [3.05, 3.63) is 52.8 Å². The Morgan fingerprint density at radius 1 is 1.20 bits per heavy atom. The van der Waals surface area contributed by atoms with Gasteiger partial charge in [-0.25, -0.2) is 12.8 Å². The topological polar surface area (TPSA) is 72.2 Å². The van der Waals surface area contributed by atoms with Crippen molar-refractivity contribution in [1.82, 2.24) is 0 Å². The van der Waals surface area contributed by atoms with Gasteiger partial charge in [0.1, 0.15) is 5.82 Å². The fourth-order valence-corrected chi connectivity index (χ4v) is 3.23. The van der Waals surface area contributed by atoms with Crippen LogP contribution in [0.5, 0.6) is 0 Å². The second-order valence-corrected chi connectivity index (χ2v) is 6.31. The maximum Gasteiger partial charge on any atom is 0.262 e. The van der Waals surface area contributed by atoms with E-state index in [1.54, 1.807) is 13.0 Å². The minimum atomic E-state index is -3.94. The minimum Gasteiger partial charge on any atom is -0.399 e. The molecule has 0 bridgehead atoms. The molecule has 0 saturated carbocycles. The molecule has 20 heavy (non-hydrogen) atoms. The second kappa shape index (κ2) is 5.30. The summed E-state index contributed by atoms with van der Waals surface area (Å²) < 4.78 is 40.0. The number of halogens is 2. The third kappa shape index (κ3) is 3.02. The van der Waals surface area contributed by atoms with Crippen molar-refractivity contribution in [3.63, 3.8) is 0 Å². The van der Waals surface area contributed by atoms with Crippen molar-refractivity contribution in [2.45, 2.75) is 11.8 Å². The van der Waals surface area contributed by atoms with Crippen LogP contribution in [0.1, 0.15) is 5.56 Å². The van der Waals surface area contributed by atoms with Gasteiger partial charge in [0.25, 0.3) is 10.0 Å². The third-order valence-electron chi connectivity index (χ3n) is 2.67. The number of hydrogen-bond donors (Lipinski definition) is 2. The zero-order valence-corrected chi connectivity index (χ0v) is 12.1. The number of nitrogens with two attached hydrogens (primary N) is 1. The van der Waals surface area contributed by atoms with Crippen molar-refractivity contribution >= 4 is 33.0 Å². The molecule has 0 heterocycles. The van der Waals surface area contributed by atoms with E-state index >= 15 is 0 Å². The first-order valence-corrected chi connectivity index (χ1v) is 7.50. The van der Waals surface area contributed by atoms with Crippen LogP contribution in [0.2, 0.25) is 5.02 Å². The van der Waals surface area contributed by atoms with Gasteiger partial charge >= 0.3 is 0 Å². The summed E-state index contributed by atoms with van der Waals surface area (Å²) >= 11 is 5.90. The second-order valence-electron chi connectivity index (χ2n) is 4.25. The number of nitrogens with one attached hydrogen (secondary N) is 1. The van der Waals surface area contributed by atoms with Gasteiger partial charge < -0.3 is 5.73 Å². The van der Waals surface area contributed by atoms with Crippen LogP contribution < -0.4 is 10.5 Å². The zero-order valence-electron chi connectivity index (χ0n) is 10.5. The van der Waals surface area contributed by atoms with E-state index in [9.17, 15) is 12.8 Å². The minimum absolute atomic E-state index is 0.143. The first-order chi connectivity index (χ1) is 9.29. The Labute approximate surface area is 121 Å². The van der Waals surface area contributed by atoms with Crippen molar-refractivity contribution in [2.24, 2.45) is 0 Å². The lowest BCUT2D eigenvalue weighted by atomic mass is 10.2. The van der Waals surface area contributed by atoms with E-state index in [0.29, 0.717) is 11.3 Å². The van der Waals surface area contributed by atoms with Crippen LogP contribution in [-0.2, 0) is 10.0 Å². The normalized spacial score (nSPS) is 11.3. The van der Waals surface area contributed by atoms with E-state index in [1.165, 1.54) is 24.3 Å². The molecule has 2 rings (SSSR count). The highest BCUT2D eigenvalue weighted by Crippen LogP contribution is 2.27. The van der Waals surface area contributed by atoms with Gasteiger partial charge in [-0.1, -0.05) is 17.7 Å². The Kier molecular flexibility index (Phi) is 3.87. The van der Waals surface area contributed by atoms with Crippen molar-refractivity contribution in [1.29, 1.82) is 0 Å². The summed E-state index contributed by atoms with van der Waals surface area (Å²) in [6.07, 6.45) is 0. The molecule has 4 nitrogen and oxygen atoms in total. The summed E-state index contributed by atoms with van der Waals surface area (Å²) in [7, 11) is -3.94. The Hall–Kier alpha value is -1.79. The lowest BCUT2D eigenvalue weighted by Crippen LogP contribution is -2.15. The first kappa shape index (κ1) is 14.6. The standard InChI is InChI=1S/C13H12ClFN2O2S/c1-8-2-3-9(15)6-13(8)20(18,19)17-12-7-10(16)4-5-11(12)14/h2-7,17H,16H2,1H3. The van der Waals surface area contributed by atoms with Gasteiger partial charge in [0.05, 0.1) is 15.6 Å². The highest BCUT2D eigenvalue weighted by molar-refractivity contribution is 7.92. The monoisotopic (exact) mass is 314 g/mol. The maximum absolute atomic E-state index is 13.2. The molecule has 3 N–H and O–H groups in total. The molecule has 0 aliphatic carbocycles. The molecule has 0 aliphatic heterocycles. The van der Waals surface area contributed by atoms with Crippen LogP contribution in [0.25, 0.3) is 0 Å². The van der Waals surface area contributed by atoms with Crippen LogP contribution in [-0.4, -0.2) is 8.42 Å². The number of anilines is 2. The Morgan fingerprint density at radius 2 is 1.90 bits per heavy atom. The van der Waals surface area contributed by atoms with Crippen LogP contribution in [0.4, 0.5) is 15.8 Å². The van der Waals surface area contributed by atoms with Crippen LogP contribution in [0, 0.1) is 12.7 Å². The molecule has 106 valence electrons. The van der Waals surface area contributed by atoms with Gasteiger partial charge in [0.15, 0.2) is 0 Å². The molecule has 0 radical (unpaired) electrons. The van der Waals surface area contributed by atoms with Gasteiger partial charge in [0.2, 0.25) is 0 Å². The average molecular weight is 315 g/mol. The summed E-state index contributed by atoms with van der Waals surface area (Å²) in [6.45, 7) is 1.58. The predicted molar refractivity (Wildman–Crippen MR) is 77.8 cm³/mol. The van der Waals surface area contributed by atoms with Gasteiger partial charge in [-0.3, -0.25) is 4.72 Å². The first-order valence-electron chi connectivity index (χ1n) is 5.63. The van der Waals surface area contributed by atoms with Crippen molar-refractivity contribution in [3.8, 4) is 0 Å². The Balaban J connectivity index is 2.46. The van der Waals surface area contributed by atoms with E-state index in [4.69, 9.17) is 17.3 Å². The third-order valence-corrected chi connectivity index (χ3v) is 4.51. The van der Waals surface area contributed by atoms with Gasteiger partial charge in [-0.2, -0.15) is 0 Å². The molecular weight excluding hydrogens is 303 g/mol. The molecule has 7 heteroatoms. The van der Waals surface area contributed by atoms with Crippen molar-refractivity contribution in [2.75, 3.05) is 10.5 Å². The summed E-state index contributed by atoms with van der Waals surface area (Å²) in [6, 6.07) is 7.97. The maximum atomic E-state index is 13.2. The lowest BCUT2D eigenvalue weighted by Gasteiger charge is -2.12. The number of sulfonamides is 1. The number of rotatable bonds is 3. The van der Waals surface area contributed by atoms with Crippen molar-refractivity contribution < 1.29 is 12.8 Å². The fraction of sp³-hybridized carbons (Fsp3) is 0.0769. The smallest absolute Gasteiger partial charge is 0.262 e. The highest BCUT2D eigenvalue weighted by Gasteiger charge is 2.19. The van der Waals surface area contributed by atoms with E-state index < -0.39 is 15.8 Å². The molecule has 2 aromatic carbocycles. The SMILES string of the molecule is Cc1ccc(F)cc1S(=O)(=O)Nc1cc(N)ccc1Cl. The molecule has 0 fully saturated rings. The van der Waals surface area contributed by atoms with E-state index in [-0.39, 0.29) is 15.6 Å². The molecular formula is C13H12ClFN2O2S. The molecule has 0 amide bonds. The number of aryl methyl sites for hydroxylation is 1. The Bertz CT molecular complexity index is 763. The predicted octanol–water partition coefficient (Wildman–Crippen LogP) is 3.17. The summed E-state index contributed by atoms with van der Waals surface area (Å²) in [5.74, 6) is -0.630. The summed E-state index contributed by atoms with van der Waals surface area (Å²) in [5.41, 5.74) is 6.53. The zero-order chi connectivity index (χ0) is 14.9. The quantitative estimate of drug-likeness (QED) is 0.855. The van der Waals surface area contributed by atoms with Gasteiger partial charge in [-0.15, -0.1) is 0 Å². The molecule has 0 atom stereocenters.